The van der Waals surface area contributed by atoms with Gasteiger partial charge in [-0.25, -0.2) is 8.42 Å². The van der Waals surface area contributed by atoms with Crippen LogP contribution >= 0.6 is 11.6 Å². The maximum atomic E-state index is 13.5. The molecule has 0 unspecified atom stereocenters. The molecule has 0 spiro atoms. The highest BCUT2D eigenvalue weighted by atomic mass is 35.5. The van der Waals surface area contributed by atoms with E-state index in [0.29, 0.717) is 23.7 Å². The first-order chi connectivity index (χ1) is 16.1. The van der Waals surface area contributed by atoms with Gasteiger partial charge in [0, 0.05) is 18.1 Å². The summed E-state index contributed by atoms with van der Waals surface area (Å²) < 4.78 is 31.3. The third-order valence-corrected chi connectivity index (χ3v) is 6.60. The maximum Gasteiger partial charge on any atom is 0.244 e. The molecule has 0 bridgehead atoms. The van der Waals surface area contributed by atoms with E-state index in [2.05, 4.69) is 5.32 Å². The Morgan fingerprint density at radius 1 is 1.12 bits per heavy atom. The van der Waals surface area contributed by atoms with Gasteiger partial charge in [0.25, 0.3) is 0 Å². The minimum absolute atomic E-state index is 0.133. The Morgan fingerprint density at radius 3 is 2.32 bits per heavy atom. The molecule has 1 N–H and O–H groups in total. The van der Waals surface area contributed by atoms with Crippen molar-refractivity contribution in [1.29, 1.82) is 0 Å². The van der Waals surface area contributed by atoms with E-state index in [-0.39, 0.29) is 18.1 Å². The highest BCUT2D eigenvalue weighted by molar-refractivity contribution is 7.92. The summed E-state index contributed by atoms with van der Waals surface area (Å²) in [6.07, 6.45) is 2.15. The summed E-state index contributed by atoms with van der Waals surface area (Å²) in [5.74, 6) is -0.113. The molecule has 34 heavy (non-hydrogen) atoms. The zero-order valence-corrected chi connectivity index (χ0v) is 21.5. The number of halogens is 1. The van der Waals surface area contributed by atoms with Gasteiger partial charge in [-0.2, -0.15) is 0 Å². The normalized spacial score (nSPS) is 12.0. The number of benzene rings is 2. The van der Waals surface area contributed by atoms with Crippen molar-refractivity contribution < 1.29 is 22.7 Å². The van der Waals surface area contributed by atoms with Gasteiger partial charge in [-0.3, -0.25) is 13.9 Å². The van der Waals surface area contributed by atoms with Crippen molar-refractivity contribution in [1.82, 2.24) is 10.2 Å². The van der Waals surface area contributed by atoms with Crippen LogP contribution in [0.3, 0.4) is 0 Å². The fourth-order valence-electron chi connectivity index (χ4n) is 3.46. The van der Waals surface area contributed by atoms with Crippen LogP contribution in [0.5, 0.6) is 5.75 Å². The zero-order valence-electron chi connectivity index (χ0n) is 20.0. The van der Waals surface area contributed by atoms with Gasteiger partial charge in [0.15, 0.2) is 0 Å². The first-order valence-electron chi connectivity index (χ1n) is 11.0. The van der Waals surface area contributed by atoms with Gasteiger partial charge < -0.3 is 15.0 Å². The first kappa shape index (κ1) is 27.5. The number of carbonyl (C=O) groups is 2. The lowest BCUT2D eigenvalue weighted by atomic mass is 10.1. The molecule has 10 heteroatoms. The number of ether oxygens (including phenoxy) is 1. The second-order valence-electron chi connectivity index (χ2n) is 7.83. The molecule has 0 heterocycles. The summed E-state index contributed by atoms with van der Waals surface area (Å²) in [5.41, 5.74) is 1.06. The molecule has 2 rings (SSSR count). The van der Waals surface area contributed by atoms with Crippen molar-refractivity contribution >= 4 is 39.1 Å². The number of amides is 2. The van der Waals surface area contributed by atoms with Gasteiger partial charge >= 0.3 is 0 Å². The number of carbonyl (C=O) groups excluding carboxylic acids is 2. The van der Waals surface area contributed by atoms with Crippen LogP contribution in [0.4, 0.5) is 5.69 Å². The lowest BCUT2D eigenvalue weighted by Gasteiger charge is -2.33. The average molecular weight is 510 g/mol. The molecule has 2 aromatic rings. The predicted octanol–water partition coefficient (Wildman–Crippen LogP) is 3.45. The summed E-state index contributed by atoms with van der Waals surface area (Å²) in [6.45, 7) is 3.91. The summed E-state index contributed by atoms with van der Waals surface area (Å²) >= 11 is 6.05. The van der Waals surface area contributed by atoms with Crippen molar-refractivity contribution in [2.24, 2.45) is 0 Å². The van der Waals surface area contributed by atoms with Crippen LogP contribution in [0.2, 0.25) is 5.02 Å². The molecule has 0 radical (unpaired) electrons. The van der Waals surface area contributed by atoms with E-state index in [1.54, 1.807) is 49.6 Å². The third kappa shape index (κ3) is 7.63. The van der Waals surface area contributed by atoms with E-state index in [1.165, 1.54) is 11.0 Å². The maximum absolute atomic E-state index is 13.5. The summed E-state index contributed by atoms with van der Waals surface area (Å²) in [7, 11) is -2.24. The van der Waals surface area contributed by atoms with Crippen molar-refractivity contribution in [2.45, 2.75) is 39.3 Å². The smallest absolute Gasteiger partial charge is 0.244 e. The zero-order chi connectivity index (χ0) is 25.3. The molecule has 1 atom stereocenters. The van der Waals surface area contributed by atoms with Gasteiger partial charge in [-0.1, -0.05) is 43.6 Å². The Labute approximate surface area is 206 Å². The molecule has 0 aliphatic heterocycles. The minimum Gasteiger partial charge on any atom is -0.497 e. The molecule has 2 aromatic carbocycles. The Kier molecular flexibility index (Phi) is 10.2. The van der Waals surface area contributed by atoms with E-state index in [4.69, 9.17) is 16.3 Å². The van der Waals surface area contributed by atoms with Gasteiger partial charge in [-0.05, 0) is 48.7 Å². The summed E-state index contributed by atoms with van der Waals surface area (Å²) in [6, 6.07) is 12.7. The lowest BCUT2D eigenvalue weighted by molar-refractivity contribution is -0.140. The van der Waals surface area contributed by atoms with Crippen molar-refractivity contribution in [2.75, 3.05) is 30.8 Å². The fraction of sp³-hybridized carbons (Fsp3) is 0.417. The number of rotatable bonds is 12. The number of nitrogens with zero attached hydrogens (tertiary/aromatic N) is 2. The van der Waals surface area contributed by atoms with E-state index < -0.39 is 28.5 Å². The summed E-state index contributed by atoms with van der Waals surface area (Å²) in [5, 5.41) is 3.19. The number of hydrogen-bond donors (Lipinski definition) is 1. The molecular formula is C24H32ClN3O5S. The molecule has 0 saturated carbocycles. The molecule has 0 aliphatic rings. The second kappa shape index (κ2) is 12.6. The fourth-order valence-corrected chi connectivity index (χ4v) is 4.48. The summed E-state index contributed by atoms with van der Waals surface area (Å²) in [4.78, 5) is 27.9. The van der Waals surface area contributed by atoms with Crippen LogP contribution in [-0.2, 0) is 26.2 Å². The first-order valence-corrected chi connectivity index (χ1v) is 13.3. The highest BCUT2D eigenvalue weighted by Crippen LogP contribution is 2.23. The van der Waals surface area contributed by atoms with Crippen LogP contribution in [0.15, 0.2) is 48.5 Å². The number of sulfonamides is 1. The lowest BCUT2D eigenvalue weighted by Crippen LogP contribution is -2.52. The van der Waals surface area contributed by atoms with Crippen LogP contribution < -0.4 is 14.4 Å². The van der Waals surface area contributed by atoms with Crippen molar-refractivity contribution in [3.63, 3.8) is 0 Å². The third-order valence-electron chi connectivity index (χ3n) is 5.22. The highest BCUT2D eigenvalue weighted by Gasteiger charge is 2.31. The Bertz CT molecular complexity index is 1080. The molecule has 0 aliphatic carbocycles. The molecule has 2 amide bonds. The largest absolute Gasteiger partial charge is 0.497 e. The molecule has 186 valence electrons. The van der Waals surface area contributed by atoms with Crippen molar-refractivity contribution in [3.8, 4) is 5.75 Å². The van der Waals surface area contributed by atoms with Gasteiger partial charge in [0.05, 0.1) is 19.1 Å². The molecule has 8 nitrogen and oxygen atoms in total. The molecule has 0 saturated heterocycles. The average Bonchev–Trinajstić information content (AvgIpc) is 2.80. The predicted molar refractivity (Wildman–Crippen MR) is 135 cm³/mol. The SMILES string of the molecule is CCCNC(=O)[C@H](CC)N(Cc1ccc(OC)cc1)C(=O)CN(c1cccc(Cl)c1)S(C)(=O)=O. The second-order valence-corrected chi connectivity index (χ2v) is 10.2. The van der Waals surface area contributed by atoms with Gasteiger partial charge in [0.2, 0.25) is 21.8 Å². The number of hydrogen-bond acceptors (Lipinski definition) is 5. The standard InChI is InChI=1S/C24H32ClN3O5S/c1-5-14-26-24(30)22(6-2)27(16-18-10-12-21(33-3)13-11-18)23(29)17-28(34(4,31)32)20-9-7-8-19(25)15-20/h7-13,15,22H,5-6,14,16-17H2,1-4H3,(H,26,30)/t22-/m0/s1. The quantitative estimate of drug-likeness (QED) is 0.472. The van der Waals surface area contributed by atoms with Crippen LogP contribution in [0.1, 0.15) is 32.3 Å². The van der Waals surface area contributed by atoms with Crippen LogP contribution in [-0.4, -0.2) is 57.6 Å². The van der Waals surface area contributed by atoms with Gasteiger partial charge in [0.1, 0.15) is 18.3 Å². The Balaban J connectivity index is 2.41. The van der Waals surface area contributed by atoms with E-state index in [0.717, 1.165) is 22.5 Å². The topological polar surface area (TPSA) is 96.0 Å². The number of nitrogens with one attached hydrogen (secondary N) is 1. The van der Waals surface area contributed by atoms with Crippen LogP contribution in [0, 0.1) is 0 Å². The Morgan fingerprint density at radius 2 is 1.79 bits per heavy atom. The van der Waals surface area contributed by atoms with E-state index >= 15 is 0 Å². The van der Waals surface area contributed by atoms with Crippen LogP contribution in [0.25, 0.3) is 0 Å². The molecule has 0 fully saturated rings. The van der Waals surface area contributed by atoms with Crippen molar-refractivity contribution in [3.05, 3.63) is 59.1 Å². The minimum atomic E-state index is -3.80. The Hall–Kier alpha value is -2.78. The van der Waals surface area contributed by atoms with E-state index in [9.17, 15) is 18.0 Å². The number of methoxy groups -OCH3 is 1. The molecule has 0 aromatic heterocycles. The monoisotopic (exact) mass is 509 g/mol. The van der Waals surface area contributed by atoms with E-state index in [1.807, 2.05) is 13.8 Å². The molecular weight excluding hydrogens is 478 g/mol. The van der Waals surface area contributed by atoms with Gasteiger partial charge in [-0.15, -0.1) is 0 Å². The number of anilines is 1.